The average Bonchev–Trinajstić information content (AvgIpc) is 3.16. The standard InChI is InChI=1S/C21H25FN2O3/c1-26-19-9-5-6-16(21(19)27-2)15-10-12-24(14-15)13-11-20(25)23-18-8-4-3-7-17(18)22/h3-9,15H,10-14H2,1-2H3,(H,23,25)/t15-/m0/s1. The number of hydrogen-bond donors (Lipinski definition) is 1. The van der Waals surface area contributed by atoms with E-state index in [4.69, 9.17) is 9.47 Å². The Morgan fingerprint density at radius 2 is 2.00 bits per heavy atom. The molecule has 1 aliphatic heterocycles. The van der Waals surface area contributed by atoms with Gasteiger partial charge in [-0.1, -0.05) is 24.3 Å². The third-order valence-electron chi connectivity index (χ3n) is 4.95. The molecule has 0 bridgehead atoms. The fraction of sp³-hybridized carbons (Fsp3) is 0.381. The quantitative estimate of drug-likeness (QED) is 0.806. The van der Waals surface area contributed by atoms with Crippen molar-refractivity contribution >= 4 is 11.6 Å². The van der Waals surface area contributed by atoms with Crippen LogP contribution >= 0.6 is 0 Å². The lowest BCUT2D eigenvalue weighted by molar-refractivity contribution is -0.116. The third-order valence-corrected chi connectivity index (χ3v) is 4.95. The summed E-state index contributed by atoms with van der Waals surface area (Å²) < 4.78 is 24.6. The second-order valence-electron chi connectivity index (χ2n) is 6.65. The van der Waals surface area contributed by atoms with E-state index in [2.05, 4.69) is 16.3 Å². The summed E-state index contributed by atoms with van der Waals surface area (Å²) in [7, 11) is 3.29. The normalized spacial score (nSPS) is 16.9. The van der Waals surface area contributed by atoms with Gasteiger partial charge in [-0.15, -0.1) is 0 Å². The number of anilines is 1. The molecule has 0 radical (unpaired) electrons. The lowest BCUT2D eigenvalue weighted by Gasteiger charge is -2.18. The first-order chi connectivity index (χ1) is 13.1. The molecule has 27 heavy (non-hydrogen) atoms. The van der Waals surface area contributed by atoms with Gasteiger partial charge in [0.2, 0.25) is 5.91 Å². The van der Waals surface area contributed by atoms with Crippen LogP contribution in [0.4, 0.5) is 10.1 Å². The van der Waals surface area contributed by atoms with Crippen LogP contribution in [0, 0.1) is 5.82 Å². The molecule has 1 aliphatic rings. The van der Waals surface area contributed by atoms with Crippen LogP contribution in [0.25, 0.3) is 0 Å². The minimum Gasteiger partial charge on any atom is -0.493 e. The Morgan fingerprint density at radius 1 is 1.19 bits per heavy atom. The fourth-order valence-corrected chi connectivity index (χ4v) is 3.56. The summed E-state index contributed by atoms with van der Waals surface area (Å²) in [6.07, 6.45) is 1.33. The molecule has 5 nitrogen and oxygen atoms in total. The Labute approximate surface area is 159 Å². The maximum atomic E-state index is 13.6. The molecule has 2 aromatic carbocycles. The van der Waals surface area contributed by atoms with Crippen molar-refractivity contribution in [2.45, 2.75) is 18.8 Å². The summed E-state index contributed by atoms with van der Waals surface area (Å²) >= 11 is 0. The Morgan fingerprint density at radius 3 is 2.74 bits per heavy atom. The Balaban J connectivity index is 1.55. The molecule has 1 amide bonds. The van der Waals surface area contributed by atoms with Crippen LogP contribution in [0.5, 0.6) is 11.5 Å². The highest BCUT2D eigenvalue weighted by atomic mass is 19.1. The minimum absolute atomic E-state index is 0.178. The van der Waals surface area contributed by atoms with Crippen molar-refractivity contribution in [2.75, 3.05) is 39.2 Å². The van der Waals surface area contributed by atoms with E-state index in [0.717, 1.165) is 36.6 Å². The Kier molecular flexibility index (Phi) is 6.29. The van der Waals surface area contributed by atoms with E-state index in [-0.39, 0.29) is 11.6 Å². The van der Waals surface area contributed by atoms with Crippen LogP contribution in [-0.4, -0.2) is 44.7 Å². The lowest BCUT2D eigenvalue weighted by atomic mass is 9.97. The van der Waals surface area contributed by atoms with Gasteiger partial charge in [0.05, 0.1) is 19.9 Å². The zero-order valence-electron chi connectivity index (χ0n) is 15.7. The lowest BCUT2D eigenvalue weighted by Crippen LogP contribution is -2.26. The number of hydrogen-bond acceptors (Lipinski definition) is 4. The first kappa shape index (κ1) is 19.2. The maximum Gasteiger partial charge on any atom is 0.225 e. The number of ether oxygens (including phenoxy) is 2. The summed E-state index contributed by atoms with van der Waals surface area (Å²) in [6, 6.07) is 12.1. The molecule has 1 atom stereocenters. The van der Waals surface area contributed by atoms with Crippen molar-refractivity contribution in [1.82, 2.24) is 4.90 Å². The second kappa shape index (κ2) is 8.86. The van der Waals surface area contributed by atoms with E-state index in [9.17, 15) is 9.18 Å². The van der Waals surface area contributed by atoms with Crippen LogP contribution in [-0.2, 0) is 4.79 Å². The van der Waals surface area contributed by atoms with Crippen LogP contribution in [0.1, 0.15) is 24.3 Å². The molecule has 1 fully saturated rings. The summed E-state index contributed by atoms with van der Waals surface area (Å²) in [5.74, 6) is 1.26. The fourth-order valence-electron chi connectivity index (χ4n) is 3.56. The number of carbonyl (C=O) groups is 1. The van der Waals surface area contributed by atoms with Gasteiger partial charge in [-0.25, -0.2) is 4.39 Å². The van der Waals surface area contributed by atoms with Gasteiger partial charge < -0.3 is 19.7 Å². The molecule has 0 saturated carbocycles. The highest BCUT2D eigenvalue weighted by Gasteiger charge is 2.27. The van der Waals surface area contributed by atoms with Crippen LogP contribution < -0.4 is 14.8 Å². The van der Waals surface area contributed by atoms with Gasteiger partial charge in [-0.3, -0.25) is 4.79 Å². The largest absolute Gasteiger partial charge is 0.493 e. The first-order valence-electron chi connectivity index (χ1n) is 9.10. The summed E-state index contributed by atoms with van der Waals surface area (Å²) in [6.45, 7) is 2.41. The average molecular weight is 372 g/mol. The van der Waals surface area contributed by atoms with Crippen LogP contribution in [0.15, 0.2) is 42.5 Å². The SMILES string of the molecule is COc1cccc([C@H]2CCN(CCC(=O)Nc3ccccc3F)C2)c1OC. The van der Waals surface area contributed by atoms with E-state index in [1.165, 1.54) is 6.07 Å². The molecular formula is C21H25FN2O3. The number of para-hydroxylation sites is 2. The number of methoxy groups -OCH3 is 2. The number of nitrogens with one attached hydrogen (secondary N) is 1. The van der Waals surface area contributed by atoms with Crippen molar-refractivity contribution in [3.63, 3.8) is 0 Å². The highest BCUT2D eigenvalue weighted by molar-refractivity contribution is 5.90. The predicted molar refractivity (Wildman–Crippen MR) is 103 cm³/mol. The monoisotopic (exact) mass is 372 g/mol. The number of amides is 1. The molecule has 0 aromatic heterocycles. The molecule has 3 rings (SSSR count). The number of benzene rings is 2. The van der Waals surface area contributed by atoms with E-state index < -0.39 is 5.82 Å². The van der Waals surface area contributed by atoms with Crippen LogP contribution in [0.2, 0.25) is 0 Å². The van der Waals surface area contributed by atoms with Gasteiger partial charge in [-0.2, -0.15) is 0 Å². The van der Waals surface area contributed by atoms with Crippen LogP contribution in [0.3, 0.4) is 0 Å². The molecule has 2 aromatic rings. The minimum atomic E-state index is -0.419. The number of carbonyl (C=O) groups excluding carboxylic acids is 1. The zero-order chi connectivity index (χ0) is 19.2. The Bertz CT molecular complexity index is 797. The van der Waals surface area contributed by atoms with Crippen molar-refractivity contribution in [2.24, 2.45) is 0 Å². The molecule has 1 N–H and O–H groups in total. The number of halogens is 1. The number of nitrogens with zero attached hydrogens (tertiary/aromatic N) is 1. The molecule has 0 aliphatic carbocycles. The molecule has 144 valence electrons. The molecule has 6 heteroatoms. The van der Waals surface area contributed by atoms with Crippen molar-refractivity contribution in [1.29, 1.82) is 0 Å². The zero-order valence-corrected chi connectivity index (χ0v) is 15.7. The first-order valence-corrected chi connectivity index (χ1v) is 9.10. The third kappa shape index (κ3) is 4.57. The molecule has 1 saturated heterocycles. The molecule has 0 unspecified atom stereocenters. The summed E-state index contributed by atoms with van der Waals surface area (Å²) in [5.41, 5.74) is 1.36. The Hall–Kier alpha value is -2.60. The van der Waals surface area contributed by atoms with E-state index in [1.54, 1.807) is 32.4 Å². The summed E-state index contributed by atoms with van der Waals surface area (Å²) in [4.78, 5) is 14.4. The number of likely N-dealkylation sites (tertiary alicyclic amines) is 1. The number of rotatable bonds is 7. The highest BCUT2D eigenvalue weighted by Crippen LogP contribution is 2.39. The predicted octanol–water partition coefficient (Wildman–Crippen LogP) is 3.66. The van der Waals surface area contributed by atoms with Gasteiger partial charge >= 0.3 is 0 Å². The van der Waals surface area contributed by atoms with E-state index in [0.29, 0.717) is 18.9 Å². The van der Waals surface area contributed by atoms with Crippen molar-refractivity contribution in [3.05, 3.63) is 53.8 Å². The second-order valence-corrected chi connectivity index (χ2v) is 6.65. The summed E-state index contributed by atoms with van der Waals surface area (Å²) in [5, 5.41) is 2.63. The van der Waals surface area contributed by atoms with E-state index >= 15 is 0 Å². The van der Waals surface area contributed by atoms with Gasteiger partial charge in [0, 0.05) is 31.0 Å². The molecular weight excluding hydrogens is 347 g/mol. The van der Waals surface area contributed by atoms with Crippen molar-refractivity contribution in [3.8, 4) is 11.5 Å². The molecule has 1 heterocycles. The van der Waals surface area contributed by atoms with Gasteiger partial charge in [0.15, 0.2) is 11.5 Å². The van der Waals surface area contributed by atoms with E-state index in [1.807, 2.05) is 12.1 Å². The smallest absolute Gasteiger partial charge is 0.225 e. The topological polar surface area (TPSA) is 50.8 Å². The van der Waals surface area contributed by atoms with Crippen molar-refractivity contribution < 1.29 is 18.7 Å². The van der Waals surface area contributed by atoms with Gasteiger partial charge in [0.25, 0.3) is 0 Å². The molecule has 0 spiro atoms. The maximum absolute atomic E-state index is 13.6. The van der Waals surface area contributed by atoms with Gasteiger partial charge in [-0.05, 0) is 31.2 Å². The van der Waals surface area contributed by atoms with Gasteiger partial charge in [0.1, 0.15) is 5.82 Å².